The highest BCUT2D eigenvalue weighted by Crippen LogP contribution is 2.17. The van der Waals surface area contributed by atoms with Gasteiger partial charge in [0.1, 0.15) is 11.3 Å². The van der Waals surface area contributed by atoms with Crippen LogP contribution in [0.25, 0.3) is 22.6 Å². The molecule has 0 amide bonds. The molecule has 3 rings (SSSR count). The standard InChI is InChI=1S/C13H13N5O2/c1-7-4-5-8(6-14-7)10-15-9-11(16-10)17(2)13(20)18(3)12(9)19/h4-6H,1-3H3,(H,15,16). The Morgan fingerprint density at radius 1 is 1.15 bits per heavy atom. The number of H-pyrrole nitrogens is 1. The van der Waals surface area contributed by atoms with Gasteiger partial charge in [-0.15, -0.1) is 0 Å². The summed E-state index contributed by atoms with van der Waals surface area (Å²) < 4.78 is 2.40. The lowest BCUT2D eigenvalue weighted by Gasteiger charge is -2.00. The number of aromatic nitrogens is 5. The van der Waals surface area contributed by atoms with Crippen molar-refractivity contribution in [3.63, 3.8) is 0 Å². The maximum atomic E-state index is 12.1. The lowest BCUT2D eigenvalue weighted by atomic mass is 10.2. The molecule has 0 unspecified atom stereocenters. The summed E-state index contributed by atoms with van der Waals surface area (Å²) in [5.74, 6) is 0.519. The summed E-state index contributed by atoms with van der Waals surface area (Å²) >= 11 is 0. The van der Waals surface area contributed by atoms with Crippen LogP contribution >= 0.6 is 0 Å². The van der Waals surface area contributed by atoms with Crippen LogP contribution in [-0.2, 0) is 14.1 Å². The van der Waals surface area contributed by atoms with Crippen molar-refractivity contribution in [3.8, 4) is 11.4 Å². The molecule has 3 heterocycles. The first-order chi connectivity index (χ1) is 9.49. The molecule has 102 valence electrons. The number of nitrogens with one attached hydrogen (secondary N) is 1. The zero-order valence-electron chi connectivity index (χ0n) is 11.3. The Morgan fingerprint density at radius 3 is 2.55 bits per heavy atom. The molecule has 0 spiro atoms. The summed E-state index contributed by atoms with van der Waals surface area (Å²) in [6.45, 7) is 1.89. The van der Waals surface area contributed by atoms with Crippen LogP contribution in [0.3, 0.4) is 0 Å². The molecule has 0 fully saturated rings. The lowest BCUT2D eigenvalue weighted by Crippen LogP contribution is -2.36. The van der Waals surface area contributed by atoms with Crippen molar-refractivity contribution in [3.05, 3.63) is 44.9 Å². The average molecular weight is 271 g/mol. The Kier molecular flexibility index (Phi) is 2.56. The van der Waals surface area contributed by atoms with Crippen molar-refractivity contribution in [2.75, 3.05) is 0 Å². The zero-order valence-corrected chi connectivity index (χ0v) is 11.3. The van der Waals surface area contributed by atoms with Crippen LogP contribution < -0.4 is 11.2 Å². The molecule has 20 heavy (non-hydrogen) atoms. The molecule has 7 heteroatoms. The van der Waals surface area contributed by atoms with E-state index in [1.165, 1.54) is 11.6 Å². The third-order valence-corrected chi connectivity index (χ3v) is 3.28. The molecule has 0 bridgehead atoms. The van der Waals surface area contributed by atoms with Gasteiger partial charge in [0.2, 0.25) is 0 Å². The third kappa shape index (κ3) is 1.67. The fourth-order valence-electron chi connectivity index (χ4n) is 2.07. The van der Waals surface area contributed by atoms with Crippen LogP contribution in [0, 0.1) is 6.92 Å². The number of aromatic amines is 1. The Morgan fingerprint density at radius 2 is 1.90 bits per heavy atom. The van der Waals surface area contributed by atoms with Crippen molar-refractivity contribution < 1.29 is 0 Å². The van der Waals surface area contributed by atoms with E-state index < -0.39 is 5.69 Å². The fourth-order valence-corrected chi connectivity index (χ4v) is 2.07. The van der Waals surface area contributed by atoms with Crippen molar-refractivity contribution in [1.82, 2.24) is 24.1 Å². The molecule has 0 aromatic carbocycles. The fraction of sp³-hybridized carbons (Fsp3) is 0.231. The molecule has 0 aliphatic rings. The van der Waals surface area contributed by atoms with E-state index in [9.17, 15) is 9.59 Å². The first kappa shape index (κ1) is 12.3. The number of imidazole rings is 1. The summed E-state index contributed by atoms with van der Waals surface area (Å²) in [4.78, 5) is 35.4. The van der Waals surface area contributed by atoms with E-state index in [1.54, 1.807) is 13.2 Å². The Bertz CT molecular complexity index is 915. The first-order valence-corrected chi connectivity index (χ1v) is 6.08. The molecule has 3 aromatic heterocycles. The van der Waals surface area contributed by atoms with E-state index >= 15 is 0 Å². The number of pyridine rings is 1. The number of hydrogen-bond donors (Lipinski definition) is 1. The second-order valence-corrected chi connectivity index (χ2v) is 4.68. The average Bonchev–Trinajstić information content (AvgIpc) is 2.89. The van der Waals surface area contributed by atoms with Crippen LogP contribution in [0.2, 0.25) is 0 Å². The number of fused-ring (bicyclic) bond motifs is 1. The number of rotatable bonds is 1. The third-order valence-electron chi connectivity index (χ3n) is 3.28. The first-order valence-electron chi connectivity index (χ1n) is 6.08. The van der Waals surface area contributed by atoms with Gasteiger partial charge in [0.05, 0.1) is 0 Å². The monoisotopic (exact) mass is 271 g/mol. The second kappa shape index (κ2) is 4.16. The van der Waals surface area contributed by atoms with E-state index in [4.69, 9.17) is 0 Å². The van der Waals surface area contributed by atoms with E-state index in [1.807, 2.05) is 19.1 Å². The molecule has 0 saturated carbocycles. The quantitative estimate of drug-likeness (QED) is 0.691. The smallest absolute Gasteiger partial charge is 0.332 e. The van der Waals surface area contributed by atoms with Gasteiger partial charge in [-0.2, -0.15) is 0 Å². The molecule has 0 saturated heterocycles. The van der Waals surface area contributed by atoms with Crippen LogP contribution in [0.4, 0.5) is 0 Å². The summed E-state index contributed by atoms with van der Waals surface area (Å²) in [7, 11) is 3.03. The Balaban J connectivity index is 2.34. The molecule has 7 nitrogen and oxygen atoms in total. The minimum Gasteiger partial charge on any atom is -0.332 e. The molecule has 3 aromatic rings. The van der Waals surface area contributed by atoms with E-state index in [2.05, 4.69) is 15.0 Å². The maximum absolute atomic E-state index is 12.1. The molecular weight excluding hydrogens is 258 g/mol. The maximum Gasteiger partial charge on any atom is 0.332 e. The van der Waals surface area contributed by atoms with E-state index in [0.29, 0.717) is 17.0 Å². The summed E-state index contributed by atoms with van der Waals surface area (Å²) in [5.41, 5.74) is 1.53. The number of hydrogen-bond acceptors (Lipinski definition) is 4. The molecule has 1 N–H and O–H groups in total. The minimum absolute atomic E-state index is 0.310. The van der Waals surface area contributed by atoms with Crippen LogP contribution in [0.5, 0.6) is 0 Å². The van der Waals surface area contributed by atoms with E-state index in [-0.39, 0.29) is 5.56 Å². The van der Waals surface area contributed by atoms with Gasteiger partial charge in [-0.05, 0) is 19.1 Å². The zero-order chi connectivity index (χ0) is 14.4. The highest BCUT2D eigenvalue weighted by Gasteiger charge is 2.14. The van der Waals surface area contributed by atoms with Crippen LogP contribution in [-0.4, -0.2) is 24.1 Å². The minimum atomic E-state index is -0.400. The van der Waals surface area contributed by atoms with Gasteiger partial charge in [-0.1, -0.05) is 0 Å². The summed E-state index contributed by atoms with van der Waals surface area (Å²) in [6.07, 6.45) is 1.68. The van der Waals surface area contributed by atoms with Gasteiger partial charge in [0, 0.05) is 31.5 Å². The SMILES string of the molecule is Cc1ccc(-c2nc3c([nH]2)c(=O)n(C)c(=O)n3C)cn1. The van der Waals surface area contributed by atoms with Crippen molar-refractivity contribution in [2.24, 2.45) is 14.1 Å². The predicted molar refractivity (Wildman–Crippen MR) is 74.5 cm³/mol. The predicted octanol–water partition coefficient (Wildman–Crippen LogP) is 0.331. The summed E-state index contributed by atoms with van der Waals surface area (Å²) in [6, 6.07) is 3.72. The van der Waals surface area contributed by atoms with Gasteiger partial charge < -0.3 is 4.98 Å². The lowest BCUT2D eigenvalue weighted by molar-refractivity contribution is 0.709. The van der Waals surface area contributed by atoms with Crippen LogP contribution in [0.15, 0.2) is 27.9 Å². The van der Waals surface area contributed by atoms with Gasteiger partial charge in [-0.25, -0.2) is 9.78 Å². The van der Waals surface area contributed by atoms with Gasteiger partial charge in [0.25, 0.3) is 5.56 Å². The Labute approximate surface area is 113 Å². The van der Waals surface area contributed by atoms with Gasteiger partial charge in [0.15, 0.2) is 5.65 Å². The highest BCUT2D eigenvalue weighted by atomic mass is 16.2. The van der Waals surface area contributed by atoms with Crippen molar-refractivity contribution in [1.29, 1.82) is 0 Å². The molecule has 0 aliphatic heterocycles. The molecule has 0 radical (unpaired) electrons. The number of nitrogens with zero attached hydrogens (tertiary/aromatic N) is 4. The second-order valence-electron chi connectivity index (χ2n) is 4.68. The van der Waals surface area contributed by atoms with Gasteiger partial charge >= 0.3 is 5.69 Å². The largest absolute Gasteiger partial charge is 0.332 e. The summed E-state index contributed by atoms with van der Waals surface area (Å²) in [5, 5.41) is 0. The van der Waals surface area contributed by atoms with Gasteiger partial charge in [-0.3, -0.25) is 18.9 Å². The van der Waals surface area contributed by atoms with E-state index in [0.717, 1.165) is 15.8 Å². The molecule has 0 atom stereocenters. The Hall–Kier alpha value is -2.70. The normalized spacial score (nSPS) is 11.2. The number of aryl methyl sites for hydroxylation is 2. The topological polar surface area (TPSA) is 85.6 Å². The van der Waals surface area contributed by atoms with Crippen molar-refractivity contribution >= 4 is 11.2 Å². The molecule has 0 aliphatic carbocycles. The molecular formula is C13H13N5O2. The van der Waals surface area contributed by atoms with Crippen molar-refractivity contribution in [2.45, 2.75) is 6.92 Å². The highest BCUT2D eigenvalue weighted by molar-refractivity contribution is 5.75. The van der Waals surface area contributed by atoms with Crippen LogP contribution in [0.1, 0.15) is 5.69 Å².